The van der Waals surface area contributed by atoms with E-state index in [1.165, 1.54) is 5.57 Å². The highest BCUT2D eigenvalue weighted by Crippen LogP contribution is 2.13. The van der Waals surface area contributed by atoms with E-state index in [2.05, 4.69) is 12.2 Å². The molecule has 0 spiro atoms. The van der Waals surface area contributed by atoms with E-state index in [9.17, 15) is 4.79 Å². The van der Waals surface area contributed by atoms with E-state index in [0.717, 1.165) is 18.4 Å². The molecule has 0 saturated carbocycles. The molecule has 0 fully saturated rings. The van der Waals surface area contributed by atoms with E-state index < -0.39 is 0 Å². The van der Waals surface area contributed by atoms with Gasteiger partial charge in [-0.2, -0.15) is 0 Å². The maximum atomic E-state index is 11.8. The van der Waals surface area contributed by atoms with Crippen molar-refractivity contribution < 1.29 is 4.79 Å². The van der Waals surface area contributed by atoms with Gasteiger partial charge in [-0.1, -0.05) is 54.6 Å². The van der Waals surface area contributed by atoms with Gasteiger partial charge in [0.2, 0.25) is 0 Å². The minimum atomic E-state index is 0.0658. The van der Waals surface area contributed by atoms with Crippen LogP contribution in [-0.2, 0) is 0 Å². The molecule has 0 amide bonds. The minimum absolute atomic E-state index is 0.0658. The summed E-state index contributed by atoms with van der Waals surface area (Å²) in [5.74, 6) is 0.0658. The first-order valence-corrected chi connectivity index (χ1v) is 5.49. The maximum absolute atomic E-state index is 11.8. The van der Waals surface area contributed by atoms with Crippen molar-refractivity contribution in [3.63, 3.8) is 0 Å². The molecule has 0 N–H and O–H groups in total. The van der Waals surface area contributed by atoms with Crippen LogP contribution in [0.25, 0.3) is 0 Å². The Hall–Kier alpha value is -1.89. The van der Waals surface area contributed by atoms with Crippen LogP contribution in [0.5, 0.6) is 0 Å². The Morgan fingerprint density at radius 3 is 2.69 bits per heavy atom. The van der Waals surface area contributed by atoms with Crippen molar-refractivity contribution in [3.8, 4) is 0 Å². The SMILES string of the molecule is O=C(/C=C/C1=CC=CCC1)c1ccccc1. The predicted molar refractivity (Wildman–Crippen MR) is 66.4 cm³/mol. The van der Waals surface area contributed by atoms with Crippen molar-refractivity contribution in [1.82, 2.24) is 0 Å². The number of hydrogen-bond acceptors (Lipinski definition) is 1. The lowest BCUT2D eigenvalue weighted by Gasteiger charge is -2.02. The monoisotopic (exact) mass is 210 g/mol. The number of hydrogen-bond donors (Lipinski definition) is 0. The second-order valence-electron chi connectivity index (χ2n) is 3.77. The molecule has 2 rings (SSSR count). The molecule has 16 heavy (non-hydrogen) atoms. The quantitative estimate of drug-likeness (QED) is 0.549. The average molecular weight is 210 g/mol. The highest BCUT2D eigenvalue weighted by atomic mass is 16.1. The van der Waals surface area contributed by atoms with E-state index in [1.807, 2.05) is 42.5 Å². The fourth-order valence-corrected chi connectivity index (χ4v) is 1.64. The molecule has 1 aliphatic carbocycles. The van der Waals surface area contributed by atoms with Gasteiger partial charge in [0.25, 0.3) is 0 Å². The summed E-state index contributed by atoms with van der Waals surface area (Å²) in [4.78, 5) is 11.8. The van der Waals surface area contributed by atoms with Gasteiger partial charge >= 0.3 is 0 Å². The molecule has 0 aliphatic heterocycles. The van der Waals surface area contributed by atoms with E-state index in [0.29, 0.717) is 0 Å². The molecule has 0 bridgehead atoms. The molecule has 80 valence electrons. The molecule has 0 aromatic heterocycles. The Morgan fingerprint density at radius 2 is 2.00 bits per heavy atom. The van der Waals surface area contributed by atoms with Gasteiger partial charge in [-0.15, -0.1) is 0 Å². The lowest BCUT2D eigenvalue weighted by Crippen LogP contribution is -1.93. The summed E-state index contributed by atoms with van der Waals surface area (Å²) in [5, 5.41) is 0. The Labute approximate surface area is 95.8 Å². The van der Waals surface area contributed by atoms with Gasteiger partial charge in [-0.05, 0) is 24.5 Å². The van der Waals surface area contributed by atoms with Crippen LogP contribution in [0.1, 0.15) is 23.2 Å². The summed E-state index contributed by atoms with van der Waals surface area (Å²) in [7, 11) is 0. The molecular weight excluding hydrogens is 196 g/mol. The van der Waals surface area contributed by atoms with Gasteiger partial charge in [0, 0.05) is 5.56 Å². The molecule has 0 saturated heterocycles. The lowest BCUT2D eigenvalue weighted by molar-refractivity contribution is 0.104. The number of rotatable bonds is 3. The van der Waals surface area contributed by atoms with Gasteiger partial charge in [0.05, 0.1) is 0 Å². The van der Waals surface area contributed by atoms with Gasteiger partial charge in [-0.25, -0.2) is 0 Å². The van der Waals surface area contributed by atoms with Gasteiger partial charge in [-0.3, -0.25) is 4.79 Å². The van der Waals surface area contributed by atoms with Gasteiger partial charge in [0.15, 0.2) is 5.78 Å². The van der Waals surface area contributed by atoms with Crippen LogP contribution >= 0.6 is 0 Å². The zero-order valence-electron chi connectivity index (χ0n) is 9.10. The summed E-state index contributed by atoms with van der Waals surface area (Å²) in [6.07, 6.45) is 11.9. The van der Waals surface area contributed by atoms with Crippen LogP contribution in [0.4, 0.5) is 0 Å². The third kappa shape index (κ3) is 2.80. The number of carbonyl (C=O) groups is 1. The molecule has 0 radical (unpaired) electrons. The Bertz CT molecular complexity index is 450. The van der Waals surface area contributed by atoms with Crippen LogP contribution < -0.4 is 0 Å². The van der Waals surface area contributed by atoms with Crippen LogP contribution in [0.2, 0.25) is 0 Å². The molecular formula is C15H14O. The first-order valence-electron chi connectivity index (χ1n) is 5.49. The lowest BCUT2D eigenvalue weighted by atomic mass is 10.0. The number of ketones is 1. The smallest absolute Gasteiger partial charge is 0.185 e. The second-order valence-corrected chi connectivity index (χ2v) is 3.77. The highest BCUT2D eigenvalue weighted by Gasteiger charge is 2.00. The van der Waals surface area contributed by atoms with Crippen LogP contribution in [0.15, 0.2) is 66.3 Å². The number of carbonyl (C=O) groups excluding carboxylic acids is 1. The fraction of sp³-hybridized carbons (Fsp3) is 0.133. The molecule has 0 unspecified atom stereocenters. The van der Waals surface area contributed by atoms with Crippen molar-refractivity contribution in [2.24, 2.45) is 0 Å². The molecule has 1 heteroatoms. The van der Waals surface area contributed by atoms with E-state index in [-0.39, 0.29) is 5.78 Å². The molecule has 1 nitrogen and oxygen atoms in total. The largest absolute Gasteiger partial charge is 0.289 e. The summed E-state index contributed by atoms with van der Waals surface area (Å²) in [5.41, 5.74) is 1.96. The first kappa shape index (κ1) is 10.6. The Kier molecular flexibility index (Phi) is 3.50. The normalized spacial score (nSPS) is 15.1. The van der Waals surface area contributed by atoms with Gasteiger partial charge in [0.1, 0.15) is 0 Å². The van der Waals surface area contributed by atoms with E-state index in [4.69, 9.17) is 0 Å². The van der Waals surface area contributed by atoms with Crippen molar-refractivity contribution in [3.05, 3.63) is 71.8 Å². The summed E-state index contributed by atoms with van der Waals surface area (Å²) >= 11 is 0. The van der Waals surface area contributed by atoms with Crippen LogP contribution in [0, 0.1) is 0 Å². The zero-order valence-corrected chi connectivity index (χ0v) is 9.10. The molecule has 0 heterocycles. The van der Waals surface area contributed by atoms with E-state index >= 15 is 0 Å². The summed E-state index contributed by atoms with van der Waals surface area (Å²) < 4.78 is 0. The Balaban J connectivity index is 2.05. The standard InChI is InChI=1S/C15H14O/c16-15(14-9-5-2-6-10-14)12-11-13-7-3-1-4-8-13/h1-3,5-7,9-12H,4,8H2/b12-11+. The van der Waals surface area contributed by atoms with Gasteiger partial charge < -0.3 is 0 Å². The number of benzene rings is 1. The Morgan fingerprint density at radius 1 is 1.19 bits per heavy atom. The maximum Gasteiger partial charge on any atom is 0.185 e. The number of allylic oxidation sites excluding steroid dienone is 6. The third-order valence-electron chi connectivity index (χ3n) is 2.55. The topological polar surface area (TPSA) is 17.1 Å². The van der Waals surface area contributed by atoms with E-state index in [1.54, 1.807) is 6.08 Å². The van der Waals surface area contributed by atoms with Crippen molar-refractivity contribution in [1.29, 1.82) is 0 Å². The summed E-state index contributed by atoms with van der Waals surface area (Å²) in [6.45, 7) is 0. The van der Waals surface area contributed by atoms with Crippen molar-refractivity contribution >= 4 is 5.78 Å². The second kappa shape index (κ2) is 5.26. The first-order chi connectivity index (χ1) is 7.86. The summed E-state index contributed by atoms with van der Waals surface area (Å²) in [6, 6.07) is 9.34. The molecule has 1 aromatic carbocycles. The highest BCUT2D eigenvalue weighted by molar-refractivity contribution is 6.04. The average Bonchev–Trinajstić information content (AvgIpc) is 2.38. The third-order valence-corrected chi connectivity index (χ3v) is 2.55. The van der Waals surface area contributed by atoms with Crippen molar-refractivity contribution in [2.45, 2.75) is 12.8 Å². The molecule has 0 atom stereocenters. The molecule has 1 aromatic rings. The molecule has 1 aliphatic rings. The predicted octanol–water partition coefficient (Wildman–Crippen LogP) is 3.70. The zero-order chi connectivity index (χ0) is 11.2. The van der Waals surface area contributed by atoms with Crippen molar-refractivity contribution in [2.75, 3.05) is 0 Å². The minimum Gasteiger partial charge on any atom is -0.289 e. The van der Waals surface area contributed by atoms with Crippen LogP contribution in [0.3, 0.4) is 0 Å². The van der Waals surface area contributed by atoms with Crippen LogP contribution in [-0.4, -0.2) is 5.78 Å². The fourth-order valence-electron chi connectivity index (χ4n) is 1.64.